The van der Waals surface area contributed by atoms with Crippen molar-refractivity contribution in [1.82, 2.24) is 0 Å². The Morgan fingerprint density at radius 3 is 1.95 bits per heavy atom. The molecule has 2 rings (SSSR count). The van der Waals surface area contributed by atoms with E-state index in [0.717, 1.165) is 5.56 Å². The van der Waals surface area contributed by atoms with Crippen molar-refractivity contribution < 1.29 is 18.9 Å². The molecule has 0 heterocycles. The maximum atomic E-state index is 5.95. The van der Waals surface area contributed by atoms with E-state index in [0.29, 0.717) is 34.4 Å². The second kappa shape index (κ2) is 6.26. The summed E-state index contributed by atoms with van der Waals surface area (Å²) in [6, 6.07) is 9.07. The van der Waals surface area contributed by atoms with Crippen LogP contribution in [0.5, 0.6) is 28.7 Å². The smallest absolute Gasteiger partial charge is 0.203 e. The van der Waals surface area contributed by atoms with E-state index in [9.17, 15) is 0 Å². The number of benzene rings is 2. The number of ether oxygens (including phenoxy) is 4. The Bertz CT molecular complexity index is 595. The van der Waals surface area contributed by atoms with E-state index in [4.69, 9.17) is 24.7 Å². The fourth-order valence-electron chi connectivity index (χ4n) is 2.05. The van der Waals surface area contributed by atoms with Gasteiger partial charge in [-0.25, -0.2) is 0 Å². The van der Waals surface area contributed by atoms with Crippen LogP contribution in [0, 0.1) is 6.92 Å². The highest BCUT2D eigenvalue weighted by molar-refractivity contribution is 5.60. The van der Waals surface area contributed by atoms with Crippen molar-refractivity contribution in [1.29, 1.82) is 0 Å². The van der Waals surface area contributed by atoms with Crippen LogP contribution in [0.25, 0.3) is 0 Å². The Morgan fingerprint density at radius 2 is 1.48 bits per heavy atom. The summed E-state index contributed by atoms with van der Waals surface area (Å²) in [4.78, 5) is 0. The lowest BCUT2D eigenvalue weighted by molar-refractivity contribution is 0.321. The topological polar surface area (TPSA) is 62.9 Å². The normalized spacial score (nSPS) is 10.1. The van der Waals surface area contributed by atoms with Gasteiger partial charge in [-0.2, -0.15) is 0 Å². The molecule has 5 heteroatoms. The number of nitrogens with two attached hydrogens (primary N) is 1. The zero-order chi connectivity index (χ0) is 15.4. The highest BCUT2D eigenvalue weighted by Crippen LogP contribution is 2.42. The second-order valence-electron chi connectivity index (χ2n) is 4.46. The summed E-state index contributed by atoms with van der Waals surface area (Å²) >= 11 is 0. The number of hydrogen-bond acceptors (Lipinski definition) is 5. The lowest BCUT2D eigenvalue weighted by Gasteiger charge is -2.16. The molecule has 0 saturated heterocycles. The van der Waals surface area contributed by atoms with Crippen LogP contribution in [0.4, 0.5) is 5.69 Å². The van der Waals surface area contributed by atoms with Gasteiger partial charge >= 0.3 is 0 Å². The minimum atomic E-state index is 0.519. The molecule has 0 saturated carbocycles. The number of methoxy groups -OCH3 is 3. The predicted molar refractivity (Wildman–Crippen MR) is 81.8 cm³/mol. The third-order valence-electron chi connectivity index (χ3n) is 3.10. The van der Waals surface area contributed by atoms with Gasteiger partial charge in [0, 0.05) is 12.1 Å². The lowest BCUT2D eigenvalue weighted by atomic mass is 10.2. The molecule has 112 valence electrons. The van der Waals surface area contributed by atoms with E-state index in [1.54, 1.807) is 39.5 Å². The maximum absolute atomic E-state index is 5.95. The predicted octanol–water partition coefficient (Wildman–Crippen LogP) is 3.40. The van der Waals surface area contributed by atoms with Gasteiger partial charge in [-0.3, -0.25) is 0 Å². The first-order valence-electron chi connectivity index (χ1n) is 6.43. The molecule has 0 aliphatic carbocycles. The Kier molecular flexibility index (Phi) is 4.42. The van der Waals surface area contributed by atoms with Crippen LogP contribution >= 0.6 is 0 Å². The molecule has 0 atom stereocenters. The van der Waals surface area contributed by atoms with Gasteiger partial charge in [0.05, 0.1) is 27.0 Å². The van der Waals surface area contributed by atoms with E-state index >= 15 is 0 Å². The average Bonchev–Trinajstić information content (AvgIpc) is 2.49. The van der Waals surface area contributed by atoms with Crippen LogP contribution in [0.3, 0.4) is 0 Å². The molecule has 0 bridgehead atoms. The minimum absolute atomic E-state index is 0.519. The molecule has 0 amide bonds. The van der Waals surface area contributed by atoms with Crippen LogP contribution in [-0.2, 0) is 0 Å². The number of anilines is 1. The quantitative estimate of drug-likeness (QED) is 0.855. The highest BCUT2D eigenvalue weighted by Gasteiger charge is 2.15. The van der Waals surface area contributed by atoms with E-state index in [-0.39, 0.29) is 0 Å². The Morgan fingerprint density at radius 1 is 0.857 bits per heavy atom. The highest BCUT2D eigenvalue weighted by atomic mass is 16.5. The van der Waals surface area contributed by atoms with Crippen LogP contribution in [0.2, 0.25) is 0 Å². The SMILES string of the molecule is COc1cc(Oc2c(C)cccc2N)cc(OC)c1OC. The third kappa shape index (κ3) is 2.97. The van der Waals surface area contributed by atoms with E-state index < -0.39 is 0 Å². The monoisotopic (exact) mass is 289 g/mol. The Labute approximate surface area is 124 Å². The molecule has 0 fully saturated rings. The number of nitrogen functional groups attached to an aromatic ring is 1. The minimum Gasteiger partial charge on any atom is -0.493 e. The number of aryl methyl sites for hydroxylation is 1. The van der Waals surface area contributed by atoms with Crippen LogP contribution in [0.15, 0.2) is 30.3 Å². The summed E-state index contributed by atoms with van der Waals surface area (Å²) in [5.41, 5.74) is 7.48. The van der Waals surface area contributed by atoms with E-state index in [2.05, 4.69) is 0 Å². The van der Waals surface area contributed by atoms with Crippen molar-refractivity contribution in [2.45, 2.75) is 6.92 Å². The van der Waals surface area contributed by atoms with Crippen molar-refractivity contribution in [3.05, 3.63) is 35.9 Å². The molecule has 5 nitrogen and oxygen atoms in total. The first-order valence-corrected chi connectivity index (χ1v) is 6.43. The van der Waals surface area contributed by atoms with Crippen molar-refractivity contribution >= 4 is 5.69 Å². The maximum Gasteiger partial charge on any atom is 0.203 e. The van der Waals surface area contributed by atoms with Gasteiger partial charge in [0.15, 0.2) is 17.2 Å². The zero-order valence-corrected chi connectivity index (χ0v) is 12.6. The molecule has 0 aromatic heterocycles. The number of hydrogen-bond donors (Lipinski definition) is 1. The first kappa shape index (κ1) is 14.8. The van der Waals surface area contributed by atoms with Gasteiger partial charge in [0.2, 0.25) is 5.75 Å². The first-order chi connectivity index (χ1) is 10.1. The molecule has 0 spiro atoms. The van der Waals surface area contributed by atoms with Crippen LogP contribution in [0.1, 0.15) is 5.56 Å². The summed E-state index contributed by atoms with van der Waals surface area (Å²) in [5.74, 6) is 2.75. The lowest BCUT2D eigenvalue weighted by Crippen LogP contribution is -1.98. The van der Waals surface area contributed by atoms with Gasteiger partial charge < -0.3 is 24.7 Å². The fourth-order valence-corrected chi connectivity index (χ4v) is 2.05. The Hall–Kier alpha value is -2.56. The summed E-state index contributed by atoms with van der Waals surface area (Å²) in [7, 11) is 4.67. The summed E-state index contributed by atoms with van der Waals surface area (Å²) in [5, 5.41) is 0. The van der Waals surface area contributed by atoms with Gasteiger partial charge in [-0.15, -0.1) is 0 Å². The molecule has 0 unspecified atom stereocenters. The standard InChI is InChI=1S/C16H19NO4/c1-10-6-5-7-12(17)15(10)21-11-8-13(18-2)16(20-4)14(9-11)19-3/h5-9H,17H2,1-4H3. The molecular formula is C16H19NO4. The molecule has 0 radical (unpaired) electrons. The van der Waals surface area contributed by atoms with Crippen LogP contribution in [-0.4, -0.2) is 21.3 Å². The zero-order valence-electron chi connectivity index (χ0n) is 12.6. The average molecular weight is 289 g/mol. The largest absolute Gasteiger partial charge is 0.493 e. The van der Waals surface area contributed by atoms with Gasteiger partial charge in [0.25, 0.3) is 0 Å². The van der Waals surface area contributed by atoms with Gasteiger partial charge in [-0.05, 0) is 18.6 Å². The van der Waals surface area contributed by atoms with Crippen molar-refractivity contribution in [3.63, 3.8) is 0 Å². The molecule has 2 aromatic rings. The molecule has 0 aliphatic heterocycles. The third-order valence-corrected chi connectivity index (χ3v) is 3.10. The molecule has 21 heavy (non-hydrogen) atoms. The summed E-state index contributed by atoms with van der Waals surface area (Å²) in [6.45, 7) is 1.93. The number of rotatable bonds is 5. The number of para-hydroxylation sites is 1. The second-order valence-corrected chi connectivity index (χ2v) is 4.46. The Balaban J connectivity index is 2.45. The van der Waals surface area contributed by atoms with E-state index in [1.807, 2.05) is 19.1 Å². The van der Waals surface area contributed by atoms with E-state index in [1.165, 1.54) is 0 Å². The molecular weight excluding hydrogens is 270 g/mol. The van der Waals surface area contributed by atoms with Crippen molar-refractivity contribution in [2.24, 2.45) is 0 Å². The summed E-state index contributed by atoms with van der Waals surface area (Å²) < 4.78 is 21.8. The fraction of sp³-hybridized carbons (Fsp3) is 0.250. The molecule has 0 aliphatic rings. The van der Waals surface area contributed by atoms with Gasteiger partial charge in [-0.1, -0.05) is 12.1 Å². The van der Waals surface area contributed by atoms with Crippen molar-refractivity contribution in [3.8, 4) is 28.7 Å². The van der Waals surface area contributed by atoms with Gasteiger partial charge in [0.1, 0.15) is 5.75 Å². The molecule has 2 aromatic carbocycles. The van der Waals surface area contributed by atoms with Crippen LogP contribution < -0.4 is 24.7 Å². The summed E-state index contributed by atoms with van der Waals surface area (Å²) in [6.07, 6.45) is 0. The molecule has 2 N–H and O–H groups in total. The van der Waals surface area contributed by atoms with Crippen molar-refractivity contribution in [2.75, 3.05) is 27.1 Å².